The van der Waals surface area contributed by atoms with Crippen LogP contribution in [0.5, 0.6) is 0 Å². The molecule has 0 aliphatic carbocycles. The van der Waals surface area contributed by atoms with Crippen LogP contribution in [-0.2, 0) is 6.54 Å². The first-order valence-corrected chi connectivity index (χ1v) is 8.03. The zero-order valence-corrected chi connectivity index (χ0v) is 14.0. The molecule has 0 bridgehead atoms. The fourth-order valence-electron chi connectivity index (χ4n) is 2.44. The van der Waals surface area contributed by atoms with E-state index < -0.39 is 0 Å². The summed E-state index contributed by atoms with van der Waals surface area (Å²) in [5.41, 5.74) is 4.62. The lowest BCUT2D eigenvalue weighted by Crippen LogP contribution is -2.23. The SMILES string of the molecule is Cc1nnsc1C(=O)NCc1c(C)nn(-c2ccccc2)c1C. The predicted molar refractivity (Wildman–Crippen MR) is 88.9 cm³/mol. The fraction of sp³-hybridized carbons (Fsp3) is 0.250. The number of hydrogen-bond acceptors (Lipinski definition) is 5. The molecule has 0 atom stereocenters. The van der Waals surface area contributed by atoms with Crippen LogP contribution in [0.4, 0.5) is 0 Å². The Labute approximate surface area is 138 Å². The normalized spacial score (nSPS) is 10.7. The third-order valence-corrected chi connectivity index (χ3v) is 4.55. The van der Waals surface area contributed by atoms with Gasteiger partial charge in [0.1, 0.15) is 4.88 Å². The summed E-state index contributed by atoms with van der Waals surface area (Å²) in [6.07, 6.45) is 0. The molecular formula is C16H17N5OS. The lowest BCUT2D eigenvalue weighted by Gasteiger charge is -2.06. The Bertz CT molecular complexity index is 838. The second kappa shape index (κ2) is 6.29. The Hall–Kier alpha value is -2.54. The molecule has 1 N–H and O–H groups in total. The topological polar surface area (TPSA) is 72.7 Å². The predicted octanol–water partition coefficient (Wildman–Crippen LogP) is 2.58. The summed E-state index contributed by atoms with van der Waals surface area (Å²) in [6, 6.07) is 9.95. The van der Waals surface area contributed by atoms with Gasteiger partial charge >= 0.3 is 0 Å². The summed E-state index contributed by atoms with van der Waals surface area (Å²) in [6.45, 7) is 6.17. The van der Waals surface area contributed by atoms with Crippen LogP contribution in [-0.4, -0.2) is 25.3 Å². The molecule has 0 unspecified atom stereocenters. The molecule has 0 aliphatic rings. The van der Waals surface area contributed by atoms with E-state index >= 15 is 0 Å². The summed E-state index contributed by atoms with van der Waals surface area (Å²) < 4.78 is 5.69. The number of benzene rings is 1. The number of nitrogens with zero attached hydrogens (tertiary/aromatic N) is 4. The molecule has 0 spiro atoms. The summed E-state index contributed by atoms with van der Waals surface area (Å²) in [5, 5.41) is 11.4. The van der Waals surface area contributed by atoms with E-state index in [4.69, 9.17) is 0 Å². The van der Waals surface area contributed by atoms with Crippen LogP contribution in [0.1, 0.15) is 32.3 Å². The van der Waals surface area contributed by atoms with Crippen molar-refractivity contribution in [1.82, 2.24) is 24.7 Å². The van der Waals surface area contributed by atoms with Crippen LogP contribution < -0.4 is 5.32 Å². The van der Waals surface area contributed by atoms with E-state index in [0.717, 1.165) is 34.2 Å². The molecule has 23 heavy (non-hydrogen) atoms. The van der Waals surface area contributed by atoms with Gasteiger partial charge in [-0.25, -0.2) is 4.68 Å². The Morgan fingerprint density at radius 2 is 1.91 bits per heavy atom. The summed E-state index contributed by atoms with van der Waals surface area (Å²) in [4.78, 5) is 12.7. The van der Waals surface area contributed by atoms with Gasteiger partial charge in [0.05, 0.1) is 17.1 Å². The van der Waals surface area contributed by atoms with Crippen molar-refractivity contribution in [1.29, 1.82) is 0 Å². The van der Waals surface area contributed by atoms with Gasteiger partial charge in [0, 0.05) is 17.8 Å². The molecule has 1 aromatic carbocycles. The van der Waals surface area contributed by atoms with Crippen molar-refractivity contribution in [2.24, 2.45) is 0 Å². The molecule has 7 heteroatoms. The van der Waals surface area contributed by atoms with Crippen molar-refractivity contribution in [3.8, 4) is 5.69 Å². The molecule has 0 radical (unpaired) electrons. The first-order chi connectivity index (χ1) is 11.1. The van der Waals surface area contributed by atoms with Crippen LogP contribution in [0.3, 0.4) is 0 Å². The summed E-state index contributed by atoms with van der Waals surface area (Å²) in [5.74, 6) is -0.149. The number of nitrogens with one attached hydrogen (secondary N) is 1. The lowest BCUT2D eigenvalue weighted by molar-refractivity contribution is 0.0954. The first kappa shape index (κ1) is 15.4. The van der Waals surface area contributed by atoms with E-state index in [9.17, 15) is 4.79 Å². The summed E-state index contributed by atoms with van der Waals surface area (Å²) in [7, 11) is 0. The molecule has 2 heterocycles. The van der Waals surface area contributed by atoms with Gasteiger partial charge in [0.2, 0.25) is 0 Å². The number of carbonyl (C=O) groups excluding carboxylic acids is 1. The minimum Gasteiger partial charge on any atom is -0.347 e. The average molecular weight is 327 g/mol. The number of rotatable bonds is 4. The molecule has 6 nitrogen and oxygen atoms in total. The largest absolute Gasteiger partial charge is 0.347 e. The van der Waals surface area contributed by atoms with E-state index in [1.807, 2.05) is 48.9 Å². The molecular weight excluding hydrogens is 310 g/mol. The van der Waals surface area contributed by atoms with Gasteiger partial charge in [0.15, 0.2) is 0 Å². The zero-order valence-electron chi connectivity index (χ0n) is 13.2. The molecule has 1 amide bonds. The molecule has 0 aliphatic heterocycles. The number of para-hydroxylation sites is 1. The number of aromatic nitrogens is 4. The number of hydrogen-bond donors (Lipinski definition) is 1. The third-order valence-electron chi connectivity index (χ3n) is 3.73. The first-order valence-electron chi connectivity index (χ1n) is 7.25. The monoisotopic (exact) mass is 327 g/mol. The number of aryl methyl sites for hydroxylation is 2. The van der Waals surface area contributed by atoms with Gasteiger partial charge in [0.25, 0.3) is 5.91 Å². The van der Waals surface area contributed by atoms with Crippen LogP contribution in [0, 0.1) is 20.8 Å². The van der Waals surface area contributed by atoms with E-state index in [2.05, 4.69) is 20.0 Å². The van der Waals surface area contributed by atoms with E-state index in [1.54, 1.807) is 6.92 Å². The molecule has 0 saturated heterocycles. The van der Waals surface area contributed by atoms with Crippen LogP contribution >= 0.6 is 11.5 Å². The quantitative estimate of drug-likeness (QED) is 0.799. The second-order valence-corrected chi connectivity index (χ2v) is 6.02. The maximum atomic E-state index is 12.2. The molecule has 2 aromatic heterocycles. The Morgan fingerprint density at radius 1 is 1.17 bits per heavy atom. The molecule has 118 valence electrons. The number of carbonyl (C=O) groups is 1. The van der Waals surface area contributed by atoms with E-state index in [-0.39, 0.29) is 5.91 Å². The minimum atomic E-state index is -0.149. The van der Waals surface area contributed by atoms with Crippen molar-refractivity contribution >= 4 is 17.4 Å². The highest BCUT2D eigenvalue weighted by atomic mass is 32.1. The zero-order chi connectivity index (χ0) is 16.4. The Balaban J connectivity index is 1.80. The van der Waals surface area contributed by atoms with Crippen molar-refractivity contribution in [2.75, 3.05) is 0 Å². The van der Waals surface area contributed by atoms with Gasteiger partial charge in [-0.2, -0.15) is 5.10 Å². The van der Waals surface area contributed by atoms with Gasteiger partial charge in [-0.05, 0) is 44.4 Å². The van der Waals surface area contributed by atoms with Crippen molar-refractivity contribution in [2.45, 2.75) is 27.3 Å². The van der Waals surface area contributed by atoms with E-state index in [0.29, 0.717) is 17.1 Å². The molecule has 0 fully saturated rings. The maximum absolute atomic E-state index is 12.2. The van der Waals surface area contributed by atoms with E-state index in [1.165, 1.54) is 0 Å². The maximum Gasteiger partial charge on any atom is 0.265 e. The molecule has 0 saturated carbocycles. The van der Waals surface area contributed by atoms with Gasteiger partial charge in [-0.15, -0.1) is 5.10 Å². The van der Waals surface area contributed by atoms with Crippen molar-refractivity contribution in [3.63, 3.8) is 0 Å². The van der Waals surface area contributed by atoms with Gasteiger partial charge in [-0.3, -0.25) is 4.79 Å². The summed E-state index contributed by atoms with van der Waals surface area (Å²) >= 11 is 1.11. The van der Waals surface area contributed by atoms with Crippen LogP contribution in [0.25, 0.3) is 5.69 Å². The second-order valence-electron chi connectivity index (χ2n) is 5.27. The highest BCUT2D eigenvalue weighted by molar-refractivity contribution is 7.07. The number of amides is 1. The van der Waals surface area contributed by atoms with Crippen molar-refractivity contribution < 1.29 is 4.79 Å². The van der Waals surface area contributed by atoms with Gasteiger partial charge in [-0.1, -0.05) is 22.7 Å². The lowest BCUT2D eigenvalue weighted by atomic mass is 10.2. The highest BCUT2D eigenvalue weighted by Gasteiger charge is 2.16. The van der Waals surface area contributed by atoms with Gasteiger partial charge < -0.3 is 5.32 Å². The van der Waals surface area contributed by atoms with Crippen LogP contribution in [0.15, 0.2) is 30.3 Å². The third kappa shape index (κ3) is 3.00. The molecule has 3 aromatic rings. The Kier molecular flexibility index (Phi) is 4.20. The Morgan fingerprint density at radius 3 is 2.57 bits per heavy atom. The van der Waals surface area contributed by atoms with Crippen molar-refractivity contribution in [3.05, 3.63) is 57.9 Å². The minimum absolute atomic E-state index is 0.149. The standard InChI is InChI=1S/C16H17N5OS/c1-10-14(9-17-16(22)15-11(2)18-20-23-15)12(3)21(19-10)13-7-5-4-6-8-13/h4-8H,9H2,1-3H3,(H,17,22). The van der Waals surface area contributed by atoms with Crippen LogP contribution in [0.2, 0.25) is 0 Å². The molecule has 3 rings (SSSR count). The average Bonchev–Trinajstić information content (AvgIpc) is 3.10. The fourth-order valence-corrected chi connectivity index (χ4v) is 3.01. The highest BCUT2D eigenvalue weighted by Crippen LogP contribution is 2.18. The smallest absolute Gasteiger partial charge is 0.265 e.